The summed E-state index contributed by atoms with van der Waals surface area (Å²) in [4.78, 5) is 0. The van der Waals surface area contributed by atoms with Gasteiger partial charge in [0.25, 0.3) is 0 Å². The summed E-state index contributed by atoms with van der Waals surface area (Å²) in [6.07, 6.45) is 3.34. The van der Waals surface area contributed by atoms with E-state index in [-0.39, 0.29) is 11.4 Å². The number of hydrogen-bond acceptors (Lipinski definition) is 1. The van der Waals surface area contributed by atoms with Crippen molar-refractivity contribution in [1.29, 1.82) is 0 Å². The van der Waals surface area contributed by atoms with Gasteiger partial charge in [-0.2, -0.15) is 0 Å². The maximum absolute atomic E-state index is 13.8. The van der Waals surface area contributed by atoms with E-state index in [4.69, 9.17) is 5.73 Å². The average molecular weight is 255 g/mol. The molecule has 1 unspecified atom stereocenters. The minimum absolute atomic E-state index is 0.147. The summed E-state index contributed by atoms with van der Waals surface area (Å²) in [6.45, 7) is 0. The molecule has 0 saturated heterocycles. The molecule has 0 bridgehead atoms. The Labute approximate surface area is 113 Å². The Hall–Kier alpha value is -1.67. The molecule has 2 aromatic carbocycles. The van der Waals surface area contributed by atoms with Gasteiger partial charge in [0.15, 0.2) is 0 Å². The maximum Gasteiger partial charge on any atom is 0.126 e. The molecule has 1 aliphatic carbocycles. The van der Waals surface area contributed by atoms with Crippen LogP contribution in [0.3, 0.4) is 0 Å². The lowest BCUT2D eigenvalue weighted by Gasteiger charge is -2.35. The summed E-state index contributed by atoms with van der Waals surface area (Å²) < 4.78 is 13.8. The summed E-state index contributed by atoms with van der Waals surface area (Å²) in [7, 11) is 0. The van der Waals surface area contributed by atoms with Crippen LogP contribution in [0.2, 0.25) is 0 Å². The van der Waals surface area contributed by atoms with Crippen LogP contribution in [0.5, 0.6) is 0 Å². The van der Waals surface area contributed by atoms with Crippen molar-refractivity contribution < 1.29 is 4.39 Å². The van der Waals surface area contributed by atoms with Crippen molar-refractivity contribution in [2.45, 2.75) is 31.2 Å². The van der Waals surface area contributed by atoms with Crippen LogP contribution in [-0.2, 0) is 19.3 Å². The van der Waals surface area contributed by atoms with E-state index in [2.05, 4.69) is 18.2 Å². The van der Waals surface area contributed by atoms with Crippen molar-refractivity contribution in [3.63, 3.8) is 0 Å². The Bertz CT molecular complexity index is 593. The van der Waals surface area contributed by atoms with Gasteiger partial charge in [0.2, 0.25) is 0 Å². The van der Waals surface area contributed by atoms with Gasteiger partial charge < -0.3 is 5.73 Å². The summed E-state index contributed by atoms with van der Waals surface area (Å²) >= 11 is 0. The van der Waals surface area contributed by atoms with Crippen LogP contribution in [0.25, 0.3) is 0 Å². The molecule has 1 atom stereocenters. The minimum atomic E-state index is -0.323. The molecule has 0 aliphatic heterocycles. The molecular weight excluding hydrogens is 237 g/mol. The van der Waals surface area contributed by atoms with Crippen LogP contribution in [0.15, 0.2) is 48.5 Å². The summed E-state index contributed by atoms with van der Waals surface area (Å²) in [6, 6.07) is 15.4. The second-order valence-electron chi connectivity index (χ2n) is 5.58. The third kappa shape index (κ3) is 2.54. The van der Waals surface area contributed by atoms with Crippen molar-refractivity contribution in [3.8, 4) is 0 Å². The molecule has 1 aliphatic rings. The normalized spacial score (nSPS) is 22.0. The van der Waals surface area contributed by atoms with E-state index in [0.717, 1.165) is 24.8 Å². The van der Waals surface area contributed by atoms with Crippen molar-refractivity contribution in [2.24, 2.45) is 5.73 Å². The molecule has 0 radical (unpaired) electrons. The highest BCUT2D eigenvalue weighted by Crippen LogP contribution is 2.30. The van der Waals surface area contributed by atoms with Gasteiger partial charge in [0.05, 0.1) is 0 Å². The Kier molecular flexibility index (Phi) is 3.11. The van der Waals surface area contributed by atoms with Crippen molar-refractivity contribution in [1.82, 2.24) is 0 Å². The number of fused-ring (bicyclic) bond motifs is 1. The first kappa shape index (κ1) is 12.4. The number of aryl methyl sites for hydroxylation is 1. The highest BCUT2D eigenvalue weighted by molar-refractivity contribution is 5.33. The van der Waals surface area contributed by atoms with E-state index in [1.54, 1.807) is 6.07 Å². The van der Waals surface area contributed by atoms with Gasteiger partial charge in [-0.25, -0.2) is 4.39 Å². The number of benzene rings is 2. The van der Waals surface area contributed by atoms with Crippen molar-refractivity contribution in [2.75, 3.05) is 0 Å². The first-order valence-corrected chi connectivity index (χ1v) is 6.75. The SMILES string of the molecule is NC1(Cc2ccccc2F)CCc2ccccc2C1. The van der Waals surface area contributed by atoms with Gasteiger partial charge in [-0.15, -0.1) is 0 Å². The number of rotatable bonds is 2. The smallest absolute Gasteiger partial charge is 0.126 e. The molecule has 19 heavy (non-hydrogen) atoms. The van der Waals surface area contributed by atoms with Crippen LogP contribution in [-0.4, -0.2) is 5.54 Å². The molecule has 0 heterocycles. The second kappa shape index (κ2) is 4.78. The monoisotopic (exact) mass is 255 g/mol. The predicted molar refractivity (Wildman–Crippen MR) is 75.5 cm³/mol. The Morgan fingerprint density at radius 3 is 2.47 bits per heavy atom. The standard InChI is InChI=1S/C17H18FN/c18-16-8-4-3-7-15(16)12-17(19)10-9-13-5-1-2-6-14(13)11-17/h1-8H,9-12,19H2. The van der Waals surface area contributed by atoms with Crippen LogP contribution in [0.1, 0.15) is 23.1 Å². The second-order valence-corrected chi connectivity index (χ2v) is 5.58. The van der Waals surface area contributed by atoms with E-state index in [9.17, 15) is 4.39 Å². The van der Waals surface area contributed by atoms with E-state index in [0.29, 0.717) is 6.42 Å². The molecular formula is C17H18FN. The Morgan fingerprint density at radius 1 is 1.00 bits per heavy atom. The summed E-state index contributed by atoms with van der Waals surface area (Å²) in [5.74, 6) is -0.147. The summed E-state index contributed by atoms with van der Waals surface area (Å²) in [5, 5.41) is 0. The highest BCUT2D eigenvalue weighted by Gasteiger charge is 2.31. The third-order valence-electron chi connectivity index (χ3n) is 4.05. The quantitative estimate of drug-likeness (QED) is 0.875. The first-order valence-electron chi connectivity index (χ1n) is 6.75. The fraction of sp³-hybridized carbons (Fsp3) is 0.294. The zero-order valence-electron chi connectivity index (χ0n) is 10.9. The highest BCUT2D eigenvalue weighted by atomic mass is 19.1. The van der Waals surface area contributed by atoms with Gasteiger partial charge in [0, 0.05) is 5.54 Å². The zero-order chi connectivity index (χ0) is 13.3. The largest absolute Gasteiger partial charge is 0.324 e. The van der Waals surface area contributed by atoms with Gasteiger partial charge in [0.1, 0.15) is 5.82 Å². The molecule has 3 rings (SSSR count). The molecule has 2 N–H and O–H groups in total. The maximum atomic E-state index is 13.8. The molecule has 2 heteroatoms. The van der Waals surface area contributed by atoms with Crippen molar-refractivity contribution in [3.05, 3.63) is 71.0 Å². The number of halogens is 1. The molecule has 0 saturated carbocycles. The van der Waals surface area contributed by atoms with Crippen molar-refractivity contribution >= 4 is 0 Å². The molecule has 0 fully saturated rings. The lowest BCUT2D eigenvalue weighted by molar-refractivity contribution is 0.364. The number of hydrogen-bond donors (Lipinski definition) is 1. The van der Waals surface area contributed by atoms with Crippen LogP contribution >= 0.6 is 0 Å². The summed E-state index contributed by atoms with van der Waals surface area (Å²) in [5.41, 5.74) is 9.61. The van der Waals surface area contributed by atoms with Crippen LogP contribution < -0.4 is 5.73 Å². The van der Waals surface area contributed by atoms with E-state index in [1.807, 2.05) is 18.2 Å². The lowest BCUT2D eigenvalue weighted by Crippen LogP contribution is -2.47. The van der Waals surface area contributed by atoms with Gasteiger partial charge in [-0.05, 0) is 48.4 Å². The zero-order valence-corrected chi connectivity index (χ0v) is 10.9. The Balaban J connectivity index is 1.84. The molecule has 1 nitrogen and oxygen atoms in total. The molecule has 0 aromatic heterocycles. The molecule has 0 spiro atoms. The molecule has 0 amide bonds. The predicted octanol–water partition coefficient (Wildman–Crippen LogP) is 3.25. The van der Waals surface area contributed by atoms with Gasteiger partial charge in [-0.1, -0.05) is 42.5 Å². The van der Waals surface area contributed by atoms with Crippen LogP contribution in [0, 0.1) is 5.82 Å². The molecule has 98 valence electrons. The number of nitrogens with two attached hydrogens (primary N) is 1. The topological polar surface area (TPSA) is 26.0 Å². The van der Waals surface area contributed by atoms with Gasteiger partial charge >= 0.3 is 0 Å². The van der Waals surface area contributed by atoms with Crippen LogP contribution in [0.4, 0.5) is 4.39 Å². The fourth-order valence-corrected chi connectivity index (χ4v) is 3.00. The third-order valence-corrected chi connectivity index (χ3v) is 4.05. The first-order chi connectivity index (χ1) is 9.16. The lowest BCUT2D eigenvalue weighted by atomic mass is 9.75. The van der Waals surface area contributed by atoms with E-state index >= 15 is 0 Å². The molecule has 2 aromatic rings. The van der Waals surface area contributed by atoms with E-state index < -0.39 is 0 Å². The van der Waals surface area contributed by atoms with Gasteiger partial charge in [-0.3, -0.25) is 0 Å². The fourth-order valence-electron chi connectivity index (χ4n) is 3.00. The minimum Gasteiger partial charge on any atom is -0.324 e. The Morgan fingerprint density at radius 2 is 1.68 bits per heavy atom. The van der Waals surface area contributed by atoms with E-state index in [1.165, 1.54) is 17.2 Å². The average Bonchev–Trinajstić information content (AvgIpc) is 2.41.